The predicted octanol–water partition coefficient (Wildman–Crippen LogP) is 1.95. The van der Waals surface area contributed by atoms with Crippen LogP contribution in [0.5, 0.6) is 0 Å². The lowest BCUT2D eigenvalue weighted by Crippen LogP contribution is -2.51. The molecule has 0 aliphatic carbocycles. The minimum Gasteiger partial charge on any atom is -0.382 e. The molecule has 0 spiro atoms. The molecular weight excluding hydrogens is 224 g/mol. The Hall–Kier alpha value is -0.900. The number of likely N-dealkylation sites (N-methyl/N-ethyl adjacent to an activating group) is 1. The average molecular weight is 250 g/mol. The number of hydrogen-bond acceptors (Lipinski definition) is 3. The van der Waals surface area contributed by atoms with Crippen molar-refractivity contribution in [2.75, 3.05) is 20.1 Å². The molecule has 0 radical (unpaired) electrons. The predicted molar refractivity (Wildman–Crippen MR) is 76.4 cm³/mol. The lowest BCUT2D eigenvalue weighted by Gasteiger charge is -2.40. The number of rotatable bonds is 6. The molecule has 0 aromatic heterocycles. The Morgan fingerprint density at radius 3 is 2.22 bits per heavy atom. The summed E-state index contributed by atoms with van der Waals surface area (Å²) in [7, 11) is 2.03. The third kappa shape index (κ3) is 3.31. The average Bonchev–Trinajstić information content (AvgIpc) is 2.39. The van der Waals surface area contributed by atoms with Gasteiger partial charge in [0.25, 0.3) is 0 Å². The van der Waals surface area contributed by atoms with Gasteiger partial charge in [-0.3, -0.25) is 4.90 Å². The molecule has 3 nitrogen and oxygen atoms in total. The smallest absolute Gasteiger partial charge is 0.114 e. The van der Waals surface area contributed by atoms with Crippen LogP contribution < -0.4 is 5.73 Å². The fourth-order valence-electron chi connectivity index (χ4n) is 1.90. The molecule has 0 amide bonds. The molecule has 0 aliphatic rings. The highest BCUT2D eigenvalue weighted by Crippen LogP contribution is 2.25. The largest absolute Gasteiger partial charge is 0.382 e. The molecular formula is C15H26N2O. The first-order valence-corrected chi connectivity index (χ1v) is 6.55. The summed E-state index contributed by atoms with van der Waals surface area (Å²) in [5.74, 6) is 0. The Labute approximate surface area is 111 Å². The van der Waals surface area contributed by atoms with Crippen LogP contribution in [-0.2, 0) is 5.60 Å². The summed E-state index contributed by atoms with van der Waals surface area (Å²) in [5.41, 5.74) is 5.75. The van der Waals surface area contributed by atoms with Crippen LogP contribution in [-0.4, -0.2) is 35.7 Å². The molecule has 18 heavy (non-hydrogen) atoms. The summed E-state index contributed by atoms with van der Waals surface area (Å²) in [5, 5.41) is 10.8. The van der Waals surface area contributed by atoms with E-state index in [1.165, 1.54) is 0 Å². The fourth-order valence-corrected chi connectivity index (χ4v) is 1.90. The molecule has 0 saturated heterocycles. The summed E-state index contributed by atoms with van der Waals surface area (Å²) in [6.45, 7) is 7.26. The van der Waals surface area contributed by atoms with Gasteiger partial charge in [-0.2, -0.15) is 0 Å². The number of hydrogen-bond donors (Lipinski definition) is 2. The molecule has 0 heterocycles. The maximum absolute atomic E-state index is 10.8. The molecule has 0 saturated carbocycles. The molecule has 3 N–H and O–H groups in total. The van der Waals surface area contributed by atoms with Gasteiger partial charge >= 0.3 is 0 Å². The first-order valence-electron chi connectivity index (χ1n) is 6.55. The second kappa shape index (κ2) is 5.83. The normalized spacial score (nSPS) is 15.7. The lowest BCUT2D eigenvalue weighted by atomic mass is 9.90. The number of nitrogens with two attached hydrogens (primary N) is 1. The van der Waals surface area contributed by atoms with Crippen molar-refractivity contribution in [1.82, 2.24) is 4.90 Å². The quantitative estimate of drug-likeness (QED) is 0.811. The Kier molecular flexibility index (Phi) is 4.91. The van der Waals surface area contributed by atoms with Crippen LogP contribution in [0.1, 0.15) is 32.8 Å². The topological polar surface area (TPSA) is 49.5 Å². The van der Waals surface area contributed by atoms with Crippen molar-refractivity contribution in [3.63, 3.8) is 0 Å². The van der Waals surface area contributed by atoms with E-state index >= 15 is 0 Å². The third-order valence-corrected chi connectivity index (χ3v) is 4.05. The van der Waals surface area contributed by atoms with Crippen LogP contribution in [0.25, 0.3) is 0 Å². The summed E-state index contributed by atoms with van der Waals surface area (Å²) in [6.07, 6.45) is 1.03. The van der Waals surface area contributed by atoms with Gasteiger partial charge in [0.2, 0.25) is 0 Å². The van der Waals surface area contributed by atoms with Crippen molar-refractivity contribution < 1.29 is 5.11 Å². The Morgan fingerprint density at radius 2 is 1.78 bits per heavy atom. The van der Waals surface area contributed by atoms with Crippen LogP contribution in [0, 0.1) is 0 Å². The van der Waals surface area contributed by atoms with E-state index < -0.39 is 5.60 Å². The van der Waals surface area contributed by atoms with Crippen LogP contribution >= 0.6 is 0 Å². The van der Waals surface area contributed by atoms with E-state index in [0.29, 0.717) is 6.54 Å². The first-order chi connectivity index (χ1) is 8.35. The summed E-state index contributed by atoms with van der Waals surface area (Å²) < 4.78 is 0. The van der Waals surface area contributed by atoms with Crippen molar-refractivity contribution in [2.24, 2.45) is 5.73 Å². The van der Waals surface area contributed by atoms with E-state index in [1.807, 2.05) is 37.4 Å². The third-order valence-electron chi connectivity index (χ3n) is 4.05. The maximum Gasteiger partial charge on any atom is 0.114 e. The Morgan fingerprint density at radius 1 is 1.22 bits per heavy atom. The van der Waals surface area contributed by atoms with Gasteiger partial charge in [-0.1, -0.05) is 37.3 Å². The zero-order valence-corrected chi connectivity index (χ0v) is 12.0. The molecule has 102 valence electrons. The highest BCUT2D eigenvalue weighted by molar-refractivity contribution is 5.23. The van der Waals surface area contributed by atoms with Crippen molar-refractivity contribution in [3.8, 4) is 0 Å². The first kappa shape index (κ1) is 15.2. The van der Waals surface area contributed by atoms with Crippen molar-refractivity contribution in [1.29, 1.82) is 0 Å². The van der Waals surface area contributed by atoms with Crippen LogP contribution in [0.3, 0.4) is 0 Å². The molecule has 3 heteroatoms. The highest BCUT2D eigenvalue weighted by atomic mass is 16.3. The SMILES string of the molecule is CCC(C)(C)N(C)CC(O)(CN)c1ccccc1. The molecule has 1 aromatic rings. The van der Waals surface area contributed by atoms with Gasteiger partial charge < -0.3 is 10.8 Å². The molecule has 0 aliphatic heterocycles. The summed E-state index contributed by atoms with van der Waals surface area (Å²) in [6, 6.07) is 9.67. The van der Waals surface area contributed by atoms with E-state index in [2.05, 4.69) is 25.7 Å². The van der Waals surface area contributed by atoms with E-state index in [4.69, 9.17) is 5.73 Å². The second-order valence-electron chi connectivity index (χ2n) is 5.62. The molecule has 0 fully saturated rings. The van der Waals surface area contributed by atoms with Gasteiger partial charge in [-0.15, -0.1) is 0 Å². The second-order valence-corrected chi connectivity index (χ2v) is 5.62. The van der Waals surface area contributed by atoms with Gasteiger partial charge in [-0.25, -0.2) is 0 Å². The maximum atomic E-state index is 10.8. The van der Waals surface area contributed by atoms with E-state index in [1.54, 1.807) is 0 Å². The van der Waals surface area contributed by atoms with Gasteiger partial charge in [-0.05, 0) is 32.9 Å². The molecule has 1 unspecified atom stereocenters. The van der Waals surface area contributed by atoms with Gasteiger partial charge in [0.15, 0.2) is 0 Å². The van der Waals surface area contributed by atoms with Crippen LogP contribution in [0.2, 0.25) is 0 Å². The monoisotopic (exact) mass is 250 g/mol. The van der Waals surface area contributed by atoms with Crippen molar-refractivity contribution in [3.05, 3.63) is 35.9 Å². The Bertz CT molecular complexity index is 364. The molecule has 1 rings (SSSR count). The number of β-amino-alcohol motifs (C(OH)–C–C–N with tert-alkyl or cyclic N) is 1. The van der Waals surface area contributed by atoms with Crippen LogP contribution in [0.4, 0.5) is 0 Å². The van der Waals surface area contributed by atoms with Crippen molar-refractivity contribution >= 4 is 0 Å². The van der Waals surface area contributed by atoms with Crippen LogP contribution in [0.15, 0.2) is 30.3 Å². The lowest BCUT2D eigenvalue weighted by molar-refractivity contribution is -0.0141. The fraction of sp³-hybridized carbons (Fsp3) is 0.600. The number of benzene rings is 1. The Balaban J connectivity index is 2.91. The zero-order chi connectivity index (χ0) is 13.8. The minimum atomic E-state index is -0.984. The zero-order valence-electron chi connectivity index (χ0n) is 12.0. The van der Waals surface area contributed by atoms with Crippen molar-refractivity contribution in [2.45, 2.75) is 38.3 Å². The van der Waals surface area contributed by atoms with E-state index in [9.17, 15) is 5.11 Å². The standard InChI is InChI=1S/C15H26N2O/c1-5-14(2,3)17(4)12-15(18,11-16)13-9-7-6-8-10-13/h6-10,18H,5,11-12,16H2,1-4H3. The molecule has 0 bridgehead atoms. The summed E-state index contributed by atoms with van der Waals surface area (Å²) >= 11 is 0. The number of aliphatic hydroxyl groups is 1. The minimum absolute atomic E-state index is 0.0535. The molecule has 1 atom stereocenters. The highest BCUT2D eigenvalue weighted by Gasteiger charge is 2.33. The molecule has 1 aromatic carbocycles. The van der Waals surface area contributed by atoms with E-state index in [0.717, 1.165) is 12.0 Å². The van der Waals surface area contributed by atoms with E-state index in [-0.39, 0.29) is 12.1 Å². The number of nitrogens with zero attached hydrogens (tertiary/aromatic N) is 1. The summed E-state index contributed by atoms with van der Waals surface area (Å²) in [4.78, 5) is 2.17. The van der Waals surface area contributed by atoms with Gasteiger partial charge in [0.1, 0.15) is 5.60 Å². The van der Waals surface area contributed by atoms with Gasteiger partial charge in [0.05, 0.1) is 0 Å². The van der Waals surface area contributed by atoms with Gasteiger partial charge in [0, 0.05) is 18.6 Å².